The second kappa shape index (κ2) is 15.8. The summed E-state index contributed by atoms with van der Waals surface area (Å²) in [5, 5.41) is 2.36. The number of benzene rings is 1. The van der Waals surface area contributed by atoms with E-state index in [2.05, 4.69) is 15.1 Å². The Labute approximate surface area is 280 Å². The maximum absolute atomic E-state index is 13.0. The standard InChI is InChI=1S/C37H55N5O5/c1-27-7-8-32(24-33(27)42-22-15-34(43)38-37(42)46)47-26-35(44)40-18-11-29(12-19-40)23-28-9-16-39(17-10-28)25-30-13-20-41(21-14-30)36(45)31-5-3-2-4-6-31/h7-8,24,28-31H,2-6,9-23,25-26H2,1H3,(H,38,43,46). The molecule has 1 aromatic rings. The molecule has 1 saturated carbocycles. The van der Waals surface area contributed by atoms with Gasteiger partial charge in [0.2, 0.25) is 11.8 Å². The number of hydrogen-bond donors (Lipinski definition) is 1. The number of nitrogens with zero attached hydrogens (tertiary/aromatic N) is 4. The van der Waals surface area contributed by atoms with Crippen LogP contribution in [0.2, 0.25) is 0 Å². The van der Waals surface area contributed by atoms with Crippen LogP contribution in [-0.4, -0.2) is 97.4 Å². The summed E-state index contributed by atoms with van der Waals surface area (Å²) in [6.45, 7) is 9.29. The summed E-state index contributed by atoms with van der Waals surface area (Å²) in [6, 6.07) is 5.04. The lowest BCUT2D eigenvalue weighted by molar-refractivity contribution is -0.138. The van der Waals surface area contributed by atoms with E-state index >= 15 is 0 Å². The van der Waals surface area contributed by atoms with Gasteiger partial charge in [-0.15, -0.1) is 0 Å². The average molecular weight is 650 g/mol. The lowest BCUT2D eigenvalue weighted by Gasteiger charge is -2.40. The van der Waals surface area contributed by atoms with Crippen molar-refractivity contribution in [1.82, 2.24) is 20.0 Å². The Hall–Kier alpha value is -3.14. The summed E-state index contributed by atoms with van der Waals surface area (Å²) < 4.78 is 5.88. The average Bonchev–Trinajstić information content (AvgIpc) is 3.09. The van der Waals surface area contributed by atoms with Crippen LogP contribution < -0.4 is 15.0 Å². The molecule has 1 aromatic carbocycles. The SMILES string of the molecule is Cc1ccc(OCC(=O)N2CCC(CC3CCN(CC4CCN(C(=O)C5CCCCC5)CC4)CC3)CC2)cc1N1CCC(=O)NC1=O. The van der Waals surface area contributed by atoms with Crippen LogP contribution in [0.1, 0.15) is 89.0 Å². The lowest BCUT2D eigenvalue weighted by Crippen LogP contribution is -2.49. The first kappa shape index (κ1) is 33.7. The molecule has 10 heteroatoms. The minimum absolute atomic E-state index is 0.00406. The van der Waals surface area contributed by atoms with Crippen molar-refractivity contribution in [3.8, 4) is 5.75 Å². The van der Waals surface area contributed by atoms with Crippen molar-refractivity contribution in [2.45, 2.75) is 90.4 Å². The van der Waals surface area contributed by atoms with Gasteiger partial charge in [0.1, 0.15) is 5.75 Å². The molecule has 4 saturated heterocycles. The summed E-state index contributed by atoms with van der Waals surface area (Å²) in [5.41, 5.74) is 1.59. The van der Waals surface area contributed by atoms with Gasteiger partial charge in [-0.2, -0.15) is 0 Å². The predicted molar refractivity (Wildman–Crippen MR) is 181 cm³/mol. The number of aryl methyl sites for hydroxylation is 1. The number of nitrogens with one attached hydrogen (secondary N) is 1. The maximum Gasteiger partial charge on any atom is 0.328 e. The lowest BCUT2D eigenvalue weighted by atomic mass is 9.82. The fourth-order valence-corrected chi connectivity index (χ4v) is 8.60. The molecule has 258 valence electrons. The Kier molecular flexibility index (Phi) is 11.4. The molecule has 47 heavy (non-hydrogen) atoms. The molecule has 5 aliphatic rings. The van der Waals surface area contributed by atoms with Crippen molar-refractivity contribution in [2.24, 2.45) is 23.7 Å². The van der Waals surface area contributed by atoms with E-state index in [1.54, 1.807) is 11.0 Å². The summed E-state index contributed by atoms with van der Waals surface area (Å²) in [7, 11) is 0. The molecule has 0 spiro atoms. The number of carbonyl (C=O) groups is 4. The summed E-state index contributed by atoms with van der Waals surface area (Å²) in [4.78, 5) is 58.1. The van der Waals surface area contributed by atoms with E-state index in [4.69, 9.17) is 4.74 Å². The van der Waals surface area contributed by atoms with Crippen molar-refractivity contribution < 1.29 is 23.9 Å². The number of likely N-dealkylation sites (tertiary alicyclic amines) is 3. The molecule has 0 bridgehead atoms. The molecule has 5 amide bonds. The topological polar surface area (TPSA) is 102 Å². The molecule has 0 unspecified atom stereocenters. The van der Waals surface area contributed by atoms with Gasteiger partial charge in [0.15, 0.2) is 6.61 Å². The van der Waals surface area contributed by atoms with Gasteiger partial charge in [0.25, 0.3) is 5.91 Å². The summed E-state index contributed by atoms with van der Waals surface area (Å²) in [5.74, 6) is 3.21. The predicted octanol–water partition coefficient (Wildman–Crippen LogP) is 4.98. The van der Waals surface area contributed by atoms with Crippen LogP contribution in [0.25, 0.3) is 0 Å². The maximum atomic E-state index is 13.0. The van der Waals surface area contributed by atoms with Crippen LogP contribution >= 0.6 is 0 Å². The number of imide groups is 1. The number of ether oxygens (including phenoxy) is 1. The fourth-order valence-electron chi connectivity index (χ4n) is 8.60. The summed E-state index contributed by atoms with van der Waals surface area (Å²) in [6.07, 6.45) is 14.5. The number of anilines is 1. The van der Waals surface area contributed by atoms with E-state index in [0.717, 1.165) is 82.1 Å². The molecule has 1 aliphatic carbocycles. The Morgan fingerprint density at radius 2 is 1.43 bits per heavy atom. The first-order valence-electron chi connectivity index (χ1n) is 18.5. The molecule has 5 fully saturated rings. The van der Waals surface area contributed by atoms with E-state index in [0.29, 0.717) is 35.7 Å². The molecule has 10 nitrogen and oxygen atoms in total. The van der Waals surface area contributed by atoms with Crippen molar-refractivity contribution in [3.63, 3.8) is 0 Å². The van der Waals surface area contributed by atoms with E-state index in [1.807, 2.05) is 24.0 Å². The molecule has 0 aromatic heterocycles. The molecule has 0 atom stereocenters. The van der Waals surface area contributed by atoms with Crippen LogP contribution in [0.4, 0.5) is 10.5 Å². The van der Waals surface area contributed by atoms with Gasteiger partial charge in [0, 0.05) is 57.7 Å². The van der Waals surface area contributed by atoms with Gasteiger partial charge in [0.05, 0.1) is 5.69 Å². The van der Waals surface area contributed by atoms with E-state index in [9.17, 15) is 19.2 Å². The normalized spacial score (nSPS) is 23.2. The van der Waals surface area contributed by atoms with Crippen LogP contribution in [0.15, 0.2) is 18.2 Å². The smallest absolute Gasteiger partial charge is 0.328 e. The zero-order valence-electron chi connectivity index (χ0n) is 28.4. The van der Waals surface area contributed by atoms with E-state index in [-0.39, 0.29) is 24.8 Å². The minimum Gasteiger partial charge on any atom is -0.484 e. The molecule has 0 radical (unpaired) electrons. The highest BCUT2D eigenvalue weighted by Crippen LogP contribution is 2.32. The van der Waals surface area contributed by atoms with Crippen LogP contribution in [0.5, 0.6) is 5.75 Å². The van der Waals surface area contributed by atoms with Crippen molar-refractivity contribution in [2.75, 3.05) is 63.9 Å². The van der Waals surface area contributed by atoms with Crippen molar-refractivity contribution in [1.29, 1.82) is 0 Å². The number of rotatable bonds is 9. The van der Waals surface area contributed by atoms with Crippen LogP contribution in [0, 0.1) is 30.6 Å². The monoisotopic (exact) mass is 649 g/mol. The highest BCUT2D eigenvalue weighted by molar-refractivity contribution is 6.06. The fraction of sp³-hybridized carbons (Fsp3) is 0.730. The van der Waals surface area contributed by atoms with Gasteiger partial charge in [-0.1, -0.05) is 25.3 Å². The van der Waals surface area contributed by atoms with Crippen molar-refractivity contribution >= 4 is 29.4 Å². The third-order valence-corrected chi connectivity index (χ3v) is 11.6. The second-order valence-corrected chi connectivity index (χ2v) is 14.9. The highest BCUT2D eigenvalue weighted by Gasteiger charge is 2.32. The molecule has 1 N–H and O–H groups in total. The number of urea groups is 1. The molecule has 6 rings (SSSR count). The zero-order chi connectivity index (χ0) is 32.8. The Morgan fingerprint density at radius 1 is 0.787 bits per heavy atom. The van der Waals surface area contributed by atoms with E-state index in [1.165, 1.54) is 58.2 Å². The highest BCUT2D eigenvalue weighted by atomic mass is 16.5. The quantitative estimate of drug-likeness (QED) is 0.405. The minimum atomic E-state index is -0.429. The van der Waals surface area contributed by atoms with Gasteiger partial charge in [-0.3, -0.25) is 24.6 Å². The van der Waals surface area contributed by atoms with E-state index < -0.39 is 6.03 Å². The number of carbonyl (C=O) groups excluding carboxylic acids is 4. The Balaban J connectivity index is 0.857. The van der Waals surface area contributed by atoms with Crippen LogP contribution in [0.3, 0.4) is 0 Å². The van der Waals surface area contributed by atoms with Gasteiger partial charge in [-0.25, -0.2) is 4.79 Å². The number of amides is 5. The third kappa shape index (κ3) is 8.86. The molecule has 4 aliphatic heterocycles. The number of piperidine rings is 3. The molecule has 4 heterocycles. The summed E-state index contributed by atoms with van der Waals surface area (Å²) >= 11 is 0. The van der Waals surface area contributed by atoms with Gasteiger partial charge >= 0.3 is 6.03 Å². The Bertz CT molecular complexity index is 1260. The third-order valence-electron chi connectivity index (χ3n) is 11.6. The van der Waals surface area contributed by atoms with Gasteiger partial charge in [-0.05, 0) is 107 Å². The molecular formula is C37H55N5O5. The zero-order valence-corrected chi connectivity index (χ0v) is 28.4. The molecular weight excluding hydrogens is 594 g/mol. The first-order valence-corrected chi connectivity index (χ1v) is 18.5. The van der Waals surface area contributed by atoms with Crippen LogP contribution in [-0.2, 0) is 14.4 Å². The Morgan fingerprint density at radius 3 is 2.11 bits per heavy atom. The second-order valence-electron chi connectivity index (χ2n) is 14.9. The first-order chi connectivity index (χ1) is 22.8. The van der Waals surface area contributed by atoms with Crippen molar-refractivity contribution in [3.05, 3.63) is 23.8 Å². The van der Waals surface area contributed by atoms with Gasteiger partial charge < -0.3 is 19.4 Å². The number of hydrogen-bond acceptors (Lipinski definition) is 6. The largest absolute Gasteiger partial charge is 0.484 e.